The fraction of sp³-hybridized carbons (Fsp3) is 0.500. The molecule has 1 saturated heterocycles. The number of hydrogen-bond acceptors (Lipinski definition) is 11. The summed E-state index contributed by atoms with van der Waals surface area (Å²) < 4.78 is 67.3. The molecule has 180 valence electrons. The molecule has 1 aliphatic heterocycles. The van der Waals surface area contributed by atoms with E-state index in [1.54, 1.807) is 0 Å². The quantitative estimate of drug-likeness (QED) is 0.185. The normalized spacial score (nSPS) is 35.5. The fourth-order valence-corrected chi connectivity index (χ4v) is 6.70. The Morgan fingerprint density at radius 2 is 1.88 bits per heavy atom. The lowest BCUT2D eigenvalue weighted by molar-refractivity contribution is -0.0812. The van der Waals surface area contributed by atoms with Crippen molar-refractivity contribution in [1.82, 2.24) is 9.55 Å². The van der Waals surface area contributed by atoms with E-state index >= 15 is 4.39 Å². The number of aromatic nitrogens is 2. The minimum absolute atomic E-state index is 0.134. The lowest BCUT2D eigenvalue weighted by Crippen LogP contribution is -2.38. The maximum Gasteiger partial charge on any atom is 0.490 e. The zero-order chi connectivity index (χ0) is 24.5. The first-order chi connectivity index (χ1) is 14.4. The Bertz CT molecular complexity index is 1170. The summed E-state index contributed by atoms with van der Waals surface area (Å²) in [4.78, 5) is 51.4. The number of halogens is 1. The molecule has 1 aromatic rings. The van der Waals surface area contributed by atoms with E-state index in [1.807, 2.05) is 0 Å². The number of anilines is 1. The van der Waals surface area contributed by atoms with E-state index in [0.29, 0.717) is 4.57 Å². The molecular formula is C12H17FN3O13P3. The molecule has 0 amide bonds. The predicted octanol–water partition coefficient (Wildman–Crippen LogP) is -0.536. The van der Waals surface area contributed by atoms with Gasteiger partial charge in [-0.1, -0.05) is 6.58 Å². The summed E-state index contributed by atoms with van der Waals surface area (Å²) >= 11 is 0. The van der Waals surface area contributed by atoms with E-state index in [9.17, 15) is 33.4 Å². The van der Waals surface area contributed by atoms with Crippen molar-refractivity contribution in [1.29, 1.82) is 0 Å². The van der Waals surface area contributed by atoms with Crippen LogP contribution in [0.2, 0.25) is 0 Å². The molecule has 2 aliphatic rings. The van der Waals surface area contributed by atoms with E-state index in [-0.39, 0.29) is 11.4 Å². The number of alkyl halides is 1. The fourth-order valence-electron chi connectivity index (χ4n) is 3.47. The van der Waals surface area contributed by atoms with Crippen LogP contribution in [0.1, 0.15) is 13.2 Å². The third-order valence-electron chi connectivity index (χ3n) is 4.67. The van der Waals surface area contributed by atoms with Gasteiger partial charge in [-0.2, -0.15) is 13.6 Å². The molecule has 1 aromatic heterocycles. The third kappa shape index (κ3) is 4.16. The molecule has 3 unspecified atom stereocenters. The molecule has 1 saturated carbocycles. The molecule has 7 atom stereocenters. The average molecular weight is 523 g/mol. The number of fused-ring (bicyclic) bond motifs is 1. The van der Waals surface area contributed by atoms with Gasteiger partial charge in [0.05, 0.1) is 0 Å². The highest BCUT2D eigenvalue weighted by atomic mass is 31.3. The molecule has 0 radical (unpaired) electrons. The van der Waals surface area contributed by atoms with Gasteiger partial charge < -0.3 is 35.2 Å². The van der Waals surface area contributed by atoms with Crippen LogP contribution in [0.15, 0.2) is 29.2 Å². The monoisotopic (exact) mass is 523 g/mol. The Hall–Kier alpha value is -1.32. The van der Waals surface area contributed by atoms with Gasteiger partial charge in [0.2, 0.25) is 0 Å². The van der Waals surface area contributed by atoms with Gasteiger partial charge in [0.1, 0.15) is 11.9 Å². The van der Waals surface area contributed by atoms with Crippen LogP contribution in [-0.2, 0) is 31.6 Å². The van der Waals surface area contributed by atoms with E-state index in [4.69, 9.17) is 20.3 Å². The standard InChI is InChI=1S/C12H17FN3O13P3/c1-5(2)12-9(27-31(22,23)29-32(24,25)28-30(19,20)21)11(12,18)7(13)8(26-12)16-4-3-6(14)15-10(16)17/h3-4,7-9,18H,1H2,2H3,(H,22,23)(H,24,25)(H2,14,15,17)(H2,19,20,21)/t7-,8+,9?,11+,12+/m0/s1. The van der Waals surface area contributed by atoms with Crippen LogP contribution < -0.4 is 11.4 Å². The van der Waals surface area contributed by atoms with Gasteiger partial charge in [0, 0.05) is 6.20 Å². The van der Waals surface area contributed by atoms with Crippen molar-refractivity contribution < 1.29 is 60.6 Å². The van der Waals surface area contributed by atoms with Crippen LogP contribution in [0.25, 0.3) is 0 Å². The summed E-state index contributed by atoms with van der Waals surface area (Å²) in [5.41, 5.74) is -0.758. The molecule has 1 aliphatic carbocycles. The number of rotatable bonds is 8. The van der Waals surface area contributed by atoms with E-state index in [2.05, 4.69) is 24.7 Å². The van der Waals surface area contributed by atoms with Crippen LogP contribution >= 0.6 is 23.5 Å². The molecule has 20 heteroatoms. The average Bonchev–Trinajstić information content (AvgIpc) is 2.96. The van der Waals surface area contributed by atoms with Crippen molar-refractivity contribution in [3.05, 3.63) is 34.9 Å². The lowest BCUT2D eigenvalue weighted by Gasteiger charge is -2.25. The highest BCUT2D eigenvalue weighted by molar-refractivity contribution is 7.66. The molecule has 0 aromatic carbocycles. The van der Waals surface area contributed by atoms with Crippen molar-refractivity contribution in [3.63, 3.8) is 0 Å². The zero-order valence-corrected chi connectivity index (χ0v) is 18.5. The van der Waals surface area contributed by atoms with Gasteiger partial charge in [0.15, 0.2) is 23.6 Å². The van der Waals surface area contributed by atoms with Crippen LogP contribution in [0.3, 0.4) is 0 Å². The van der Waals surface area contributed by atoms with Gasteiger partial charge in [-0.05, 0) is 18.6 Å². The van der Waals surface area contributed by atoms with E-state index in [0.717, 1.165) is 12.3 Å². The number of hydrogen-bond donors (Lipinski definition) is 6. The summed E-state index contributed by atoms with van der Waals surface area (Å²) in [7, 11) is -17.2. The highest BCUT2D eigenvalue weighted by Crippen LogP contribution is 2.73. The number of ether oxygens (including phenoxy) is 1. The summed E-state index contributed by atoms with van der Waals surface area (Å²) in [6.07, 6.45) is -5.31. The first-order valence-electron chi connectivity index (χ1n) is 8.23. The van der Waals surface area contributed by atoms with Gasteiger partial charge in [-0.3, -0.25) is 9.09 Å². The van der Waals surface area contributed by atoms with E-state index in [1.165, 1.54) is 6.92 Å². The molecule has 2 heterocycles. The Morgan fingerprint density at radius 1 is 1.28 bits per heavy atom. The highest BCUT2D eigenvalue weighted by Gasteiger charge is 2.90. The molecule has 0 bridgehead atoms. The van der Waals surface area contributed by atoms with Gasteiger partial charge in [0.25, 0.3) is 0 Å². The van der Waals surface area contributed by atoms with Gasteiger partial charge >= 0.3 is 29.2 Å². The first-order valence-corrected chi connectivity index (χ1v) is 12.8. The largest absolute Gasteiger partial charge is 0.490 e. The number of nitrogen functional groups attached to an aromatic ring is 1. The number of phosphoric ester groups is 1. The van der Waals surface area contributed by atoms with Gasteiger partial charge in [-0.15, -0.1) is 0 Å². The first kappa shape index (κ1) is 25.3. The molecule has 0 spiro atoms. The SMILES string of the molecule is C=C(C)[C@]12O[C@@H](n3ccc(N)nc3=O)[C@H](F)[C@@]1(O)C2OP(=O)(O)OP(=O)(O)OP(=O)(O)O. The maximum atomic E-state index is 15.2. The Kier molecular flexibility index (Phi) is 6.01. The van der Waals surface area contributed by atoms with E-state index < -0.39 is 58.9 Å². The third-order valence-corrected chi connectivity index (χ3v) is 8.48. The van der Waals surface area contributed by atoms with Crippen LogP contribution in [0.4, 0.5) is 10.2 Å². The minimum Gasteiger partial charge on any atom is -0.383 e. The van der Waals surface area contributed by atoms with Crippen LogP contribution in [0, 0.1) is 0 Å². The van der Waals surface area contributed by atoms with Crippen LogP contribution in [-0.4, -0.2) is 57.7 Å². The summed E-state index contributed by atoms with van der Waals surface area (Å²) in [5, 5.41) is 10.8. The van der Waals surface area contributed by atoms with Crippen molar-refractivity contribution in [3.8, 4) is 0 Å². The summed E-state index contributed by atoms with van der Waals surface area (Å²) in [6, 6.07) is 1.14. The number of nitrogens with two attached hydrogens (primary N) is 1. The van der Waals surface area contributed by atoms with Gasteiger partial charge in [-0.25, -0.2) is 22.9 Å². The summed E-state index contributed by atoms with van der Waals surface area (Å²) in [6.45, 7) is 4.73. The Balaban J connectivity index is 1.87. The second-order valence-electron chi connectivity index (χ2n) is 6.87. The minimum atomic E-state index is -5.85. The number of phosphoric acid groups is 3. The molecule has 3 rings (SSSR count). The van der Waals surface area contributed by atoms with Crippen molar-refractivity contribution in [2.75, 3.05) is 5.73 Å². The van der Waals surface area contributed by atoms with Crippen molar-refractivity contribution in [2.45, 2.75) is 36.6 Å². The Morgan fingerprint density at radius 3 is 2.34 bits per heavy atom. The lowest BCUT2D eigenvalue weighted by atomic mass is 10.1. The molecule has 16 nitrogen and oxygen atoms in total. The molecule has 7 N–H and O–H groups in total. The summed E-state index contributed by atoms with van der Waals surface area (Å²) in [5.74, 6) is -0.177. The maximum absolute atomic E-state index is 15.2. The zero-order valence-electron chi connectivity index (χ0n) is 15.8. The molecule has 2 fully saturated rings. The van der Waals surface area contributed by atoms with Crippen molar-refractivity contribution in [2.24, 2.45) is 0 Å². The molecular weight excluding hydrogens is 506 g/mol. The Labute approximate surface area is 177 Å². The number of aliphatic hydroxyl groups is 1. The topological polar surface area (TPSA) is 250 Å². The second kappa shape index (κ2) is 7.60. The predicted molar refractivity (Wildman–Crippen MR) is 99.2 cm³/mol. The van der Waals surface area contributed by atoms with Crippen molar-refractivity contribution >= 4 is 29.3 Å². The van der Waals surface area contributed by atoms with Crippen LogP contribution in [0.5, 0.6) is 0 Å². The number of nitrogens with zero attached hydrogens (tertiary/aromatic N) is 2. The second-order valence-corrected chi connectivity index (χ2v) is 11.2. The smallest absolute Gasteiger partial charge is 0.383 e. The molecule has 32 heavy (non-hydrogen) atoms.